The molecule has 0 saturated carbocycles. The molecular weight excluding hydrogens is 340 g/mol. The van der Waals surface area contributed by atoms with E-state index in [2.05, 4.69) is 70.5 Å². The molecule has 1 aromatic carbocycles. The van der Waals surface area contributed by atoms with Crippen LogP contribution in [0.3, 0.4) is 0 Å². The third kappa shape index (κ3) is 2.68. The van der Waals surface area contributed by atoms with E-state index >= 15 is 0 Å². The average molecular weight is 345 g/mol. The van der Waals surface area contributed by atoms with E-state index in [0.29, 0.717) is 0 Å². The molecule has 0 spiro atoms. The third-order valence-corrected chi connectivity index (χ3v) is 5.98. The fourth-order valence-corrected chi connectivity index (χ4v) is 3.45. The van der Waals surface area contributed by atoms with Gasteiger partial charge in [-0.15, -0.1) is 0 Å². The van der Waals surface area contributed by atoms with Crippen LogP contribution in [0.1, 0.15) is 0 Å². The first kappa shape index (κ1) is 9.30. The van der Waals surface area contributed by atoms with Crippen LogP contribution in [0.25, 0.3) is 0 Å². The van der Waals surface area contributed by atoms with Crippen molar-refractivity contribution < 1.29 is 0 Å². The summed E-state index contributed by atoms with van der Waals surface area (Å²) in [6, 6.07) is 10.4. The van der Waals surface area contributed by atoms with E-state index in [9.17, 15) is 0 Å². The van der Waals surface area contributed by atoms with E-state index in [1.807, 2.05) is 6.07 Å². The van der Waals surface area contributed by atoms with Crippen LogP contribution in [0.4, 0.5) is 0 Å². The zero-order chi connectivity index (χ0) is 7.61. The Balaban J connectivity index is 3.09. The predicted octanol–water partition coefficient (Wildman–Crippen LogP) is 0.580. The van der Waals surface area contributed by atoms with Gasteiger partial charge in [0.05, 0.1) is 0 Å². The van der Waals surface area contributed by atoms with Gasteiger partial charge < -0.3 is 0 Å². The second-order valence-corrected chi connectivity index (χ2v) is 24.2. The molecule has 0 nitrogen and oxygen atoms in total. The third-order valence-electron chi connectivity index (χ3n) is 1.07. The van der Waals surface area contributed by atoms with E-state index in [-0.39, 0.29) is 0 Å². The molecule has 0 heterocycles. The summed E-state index contributed by atoms with van der Waals surface area (Å²) in [6.07, 6.45) is 0. The van der Waals surface area contributed by atoms with Gasteiger partial charge in [0.15, 0.2) is 0 Å². The van der Waals surface area contributed by atoms with Crippen LogP contribution < -0.4 is 5.30 Å². The Morgan fingerprint density at radius 3 is 1.90 bits per heavy atom. The minimum atomic E-state index is -1.14. The molecule has 0 aliphatic rings. The van der Waals surface area contributed by atoms with Gasteiger partial charge >= 0.3 is 84.8 Å². The number of rotatable bonds is 1. The second kappa shape index (κ2) is 3.74. The Hall–Kier alpha value is 1.21. The van der Waals surface area contributed by atoms with Crippen molar-refractivity contribution in [3.05, 3.63) is 30.3 Å². The summed E-state index contributed by atoms with van der Waals surface area (Å²) in [4.78, 5) is 0. The Bertz CT molecular complexity index is 251. The Morgan fingerprint density at radius 1 is 1.10 bits per heavy atom. The monoisotopic (exact) mass is 348 g/mol. The topological polar surface area (TPSA) is 0 Å². The predicted molar refractivity (Wildman–Crippen MR) is 50.3 cm³/mol. The molecule has 0 fully saturated rings. The van der Waals surface area contributed by atoms with Gasteiger partial charge in [0, 0.05) is 0 Å². The summed E-state index contributed by atoms with van der Waals surface area (Å²) < 4.78 is -1.14. The average Bonchev–Trinajstić information content (AvgIpc) is 1.88. The van der Waals surface area contributed by atoms with Gasteiger partial charge in [0.25, 0.3) is 0 Å². The van der Waals surface area contributed by atoms with Gasteiger partial charge in [-0.2, -0.15) is 0 Å². The zero-order valence-corrected chi connectivity index (χ0v) is 11.1. The van der Waals surface area contributed by atoms with Gasteiger partial charge in [-0.3, -0.25) is 0 Å². The molecule has 10 heavy (non-hydrogen) atoms. The quantitative estimate of drug-likeness (QED) is 0.516. The van der Waals surface area contributed by atoms with Crippen LogP contribution in [-0.2, 0) is 0 Å². The van der Waals surface area contributed by atoms with E-state index in [4.69, 9.17) is 0 Å². The van der Waals surface area contributed by atoms with Crippen molar-refractivity contribution >= 4 is 54.4 Å². The summed E-state index contributed by atoms with van der Waals surface area (Å²) in [5, 5.41) is 1.34. The standard InChI is InChI=1S/C6H7PSe3/c8-7(9,10)6-4-2-1-3-5-6/h1-5H,(H2,8,9,10)/p-2. The van der Waals surface area contributed by atoms with E-state index in [1.54, 1.807) is 0 Å². The molecule has 1 aromatic rings. The SMILES string of the molecule is [Se]=P([Se-])([Se-])c1ccccc1. The summed E-state index contributed by atoms with van der Waals surface area (Å²) in [5.74, 6) is 0. The molecule has 0 aliphatic heterocycles. The number of benzene rings is 1. The van der Waals surface area contributed by atoms with Crippen molar-refractivity contribution in [1.82, 2.24) is 0 Å². The number of hydrogen-bond acceptors (Lipinski definition) is 0. The first-order valence-corrected chi connectivity index (χ1v) is 11.1. The molecule has 0 bridgehead atoms. The summed E-state index contributed by atoms with van der Waals surface area (Å²) in [5.41, 5.74) is 0. The Kier molecular flexibility index (Phi) is 3.48. The number of hydrogen-bond donors (Lipinski definition) is 0. The molecule has 0 unspecified atom stereocenters. The molecule has 54 valence electrons. The van der Waals surface area contributed by atoms with E-state index < -0.39 is 2.89 Å². The molecule has 0 atom stereocenters. The molecule has 1 rings (SSSR count). The van der Waals surface area contributed by atoms with Crippen molar-refractivity contribution in [3.63, 3.8) is 0 Å². The van der Waals surface area contributed by atoms with Gasteiger partial charge in [-0.25, -0.2) is 0 Å². The normalized spacial score (nSPS) is 11.4. The van der Waals surface area contributed by atoms with Crippen molar-refractivity contribution in [2.75, 3.05) is 0 Å². The van der Waals surface area contributed by atoms with Crippen molar-refractivity contribution in [3.8, 4) is 0 Å². The summed E-state index contributed by atoms with van der Waals surface area (Å²) in [7, 11) is 0. The van der Waals surface area contributed by atoms with Gasteiger partial charge in [-0.05, 0) is 0 Å². The molecule has 0 amide bonds. The first-order chi connectivity index (χ1) is 4.61. The van der Waals surface area contributed by atoms with Crippen molar-refractivity contribution in [2.45, 2.75) is 0 Å². The zero-order valence-electron chi connectivity index (χ0n) is 5.06. The van der Waals surface area contributed by atoms with Crippen LogP contribution in [0.15, 0.2) is 30.3 Å². The van der Waals surface area contributed by atoms with Gasteiger partial charge in [-0.1, -0.05) is 0 Å². The van der Waals surface area contributed by atoms with E-state index in [1.165, 1.54) is 5.30 Å². The summed E-state index contributed by atoms with van der Waals surface area (Å²) >= 11 is 9.40. The Labute approximate surface area is 84.2 Å². The van der Waals surface area contributed by atoms with Crippen LogP contribution >= 0.6 is 2.89 Å². The summed E-state index contributed by atoms with van der Waals surface area (Å²) in [6.45, 7) is 0. The molecule has 0 radical (unpaired) electrons. The van der Waals surface area contributed by atoms with Gasteiger partial charge in [0.2, 0.25) is 0 Å². The molecule has 4 heteroatoms. The minimum absolute atomic E-state index is 1.14. The maximum absolute atomic E-state index is 3.13. The molecule has 0 N–H and O–H groups in total. The molecular formula is C6H5PSe3-2. The van der Waals surface area contributed by atoms with Crippen molar-refractivity contribution in [2.24, 2.45) is 0 Å². The fraction of sp³-hybridized carbons (Fsp3) is 0. The molecule has 0 aliphatic carbocycles. The fourth-order valence-electron chi connectivity index (χ4n) is 0.611. The first-order valence-electron chi connectivity index (χ1n) is 2.68. The van der Waals surface area contributed by atoms with Crippen LogP contribution in [0, 0.1) is 0 Å². The maximum atomic E-state index is 3.13. The second-order valence-electron chi connectivity index (χ2n) is 1.83. The molecule has 0 saturated heterocycles. The van der Waals surface area contributed by atoms with Gasteiger partial charge in [0.1, 0.15) is 0 Å². The molecule has 0 aromatic heterocycles. The van der Waals surface area contributed by atoms with Crippen LogP contribution in [0.5, 0.6) is 0 Å². The van der Waals surface area contributed by atoms with Crippen molar-refractivity contribution in [1.29, 1.82) is 0 Å². The van der Waals surface area contributed by atoms with E-state index in [0.717, 1.165) is 0 Å². The van der Waals surface area contributed by atoms with Crippen LogP contribution in [0.2, 0.25) is 0 Å². The Morgan fingerprint density at radius 2 is 1.60 bits per heavy atom. The van der Waals surface area contributed by atoms with Crippen LogP contribution in [-0.4, -0.2) is 46.2 Å².